The van der Waals surface area contributed by atoms with Gasteiger partial charge in [0.25, 0.3) is 0 Å². The van der Waals surface area contributed by atoms with E-state index in [-0.39, 0.29) is 22.4 Å². The Hall–Kier alpha value is -1.02. The maximum absolute atomic E-state index is 11.4. The number of benzene rings is 1. The molecule has 6 nitrogen and oxygen atoms in total. The Morgan fingerprint density at radius 2 is 1.96 bits per heavy atom. The second-order valence-electron chi connectivity index (χ2n) is 6.41. The minimum absolute atomic E-state index is 0.132. The quantitative estimate of drug-likeness (QED) is 0.767. The third-order valence-corrected chi connectivity index (χ3v) is 4.98. The molecule has 0 saturated carbocycles. The van der Waals surface area contributed by atoms with E-state index in [1.807, 2.05) is 0 Å². The fourth-order valence-corrected chi connectivity index (χ4v) is 3.81. The SMILES string of the molecule is CC1(C)c2cc(OS(C)(=O)=O)c(Cl)cc2OC1N1CCOCC1. The summed E-state index contributed by atoms with van der Waals surface area (Å²) < 4.78 is 39.3. The minimum Gasteiger partial charge on any atom is -0.474 e. The Balaban J connectivity index is 1.95. The molecule has 2 heterocycles. The summed E-state index contributed by atoms with van der Waals surface area (Å²) in [5.41, 5.74) is 0.560. The lowest BCUT2D eigenvalue weighted by molar-refractivity contribution is -0.0612. The lowest BCUT2D eigenvalue weighted by Crippen LogP contribution is -2.52. The number of ether oxygens (including phenoxy) is 2. The van der Waals surface area contributed by atoms with Gasteiger partial charge in [0.05, 0.1) is 24.5 Å². The second-order valence-corrected chi connectivity index (χ2v) is 8.39. The molecular weight excluding hydrogens is 342 g/mol. The molecule has 0 N–H and O–H groups in total. The first-order valence-electron chi connectivity index (χ1n) is 7.40. The maximum atomic E-state index is 11.4. The highest BCUT2D eigenvalue weighted by molar-refractivity contribution is 7.86. The van der Waals surface area contributed by atoms with Crippen molar-refractivity contribution in [1.29, 1.82) is 0 Å². The highest BCUT2D eigenvalue weighted by Gasteiger charge is 2.45. The van der Waals surface area contributed by atoms with Crippen LogP contribution in [0.15, 0.2) is 12.1 Å². The standard InChI is InChI=1S/C15H20ClNO5S/c1-15(2)10-8-13(22-23(3,18)19)11(16)9-12(10)21-14(15)17-4-6-20-7-5-17/h8-9,14H,4-7H2,1-3H3. The van der Waals surface area contributed by atoms with Gasteiger partial charge in [-0.1, -0.05) is 25.4 Å². The molecular formula is C15H20ClNO5S. The molecule has 8 heteroatoms. The van der Waals surface area contributed by atoms with Gasteiger partial charge in [0.15, 0.2) is 12.0 Å². The van der Waals surface area contributed by atoms with Crippen LogP contribution in [0.25, 0.3) is 0 Å². The molecule has 0 radical (unpaired) electrons. The Bertz CT molecular complexity index is 713. The first-order chi connectivity index (χ1) is 10.7. The van der Waals surface area contributed by atoms with E-state index in [1.165, 1.54) is 0 Å². The van der Waals surface area contributed by atoms with Crippen LogP contribution in [0.5, 0.6) is 11.5 Å². The van der Waals surface area contributed by atoms with Crippen LogP contribution in [0.4, 0.5) is 0 Å². The van der Waals surface area contributed by atoms with Crippen LogP contribution in [0.2, 0.25) is 5.02 Å². The number of fused-ring (bicyclic) bond motifs is 1. The van der Waals surface area contributed by atoms with Gasteiger partial charge in [-0.15, -0.1) is 0 Å². The molecule has 1 saturated heterocycles. The van der Waals surface area contributed by atoms with Gasteiger partial charge in [0.2, 0.25) is 0 Å². The van der Waals surface area contributed by atoms with Gasteiger partial charge < -0.3 is 13.7 Å². The number of morpholine rings is 1. The summed E-state index contributed by atoms with van der Waals surface area (Å²) in [6.07, 6.45) is 0.848. The van der Waals surface area contributed by atoms with E-state index < -0.39 is 10.1 Å². The molecule has 0 amide bonds. The van der Waals surface area contributed by atoms with E-state index in [9.17, 15) is 8.42 Å². The average molecular weight is 362 g/mol. The summed E-state index contributed by atoms with van der Waals surface area (Å²) >= 11 is 6.14. The smallest absolute Gasteiger partial charge is 0.306 e. The minimum atomic E-state index is -3.64. The van der Waals surface area contributed by atoms with E-state index >= 15 is 0 Å². The number of hydrogen-bond acceptors (Lipinski definition) is 6. The van der Waals surface area contributed by atoms with Crippen molar-refractivity contribution in [2.45, 2.75) is 25.5 Å². The number of hydrogen-bond donors (Lipinski definition) is 0. The zero-order chi connectivity index (χ0) is 16.8. The molecule has 0 aromatic heterocycles. The molecule has 128 valence electrons. The first kappa shape index (κ1) is 16.8. The molecule has 1 aromatic rings. The predicted octanol–water partition coefficient (Wildman–Crippen LogP) is 2.01. The zero-order valence-electron chi connectivity index (χ0n) is 13.3. The monoisotopic (exact) mass is 361 g/mol. The van der Waals surface area contributed by atoms with Crippen LogP contribution in [-0.2, 0) is 20.3 Å². The summed E-state index contributed by atoms with van der Waals surface area (Å²) in [7, 11) is -3.64. The summed E-state index contributed by atoms with van der Waals surface area (Å²) in [5, 5.41) is 0.215. The fourth-order valence-electron chi connectivity index (χ4n) is 3.11. The highest BCUT2D eigenvalue weighted by Crippen LogP contribution is 2.47. The highest BCUT2D eigenvalue weighted by atomic mass is 35.5. The van der Waals surface area contributed by atoms with Gasteiger partial charge in [-0.3, -0.25) is 4.90 Å². The van der Waals surface area contributed by atoms with E-state index in [0.717, 1.165) is 24.9 Å². The molecule has 0 bridgehead atoms. The van der Waals surface area contributed by atoms with Crippen LogP contribution >= 0.6 is 11.6 Å². The third-order valence-electron chi connectivity index (χ3n) is 4.20. The van der Waals surface area contributed by atoms with Crippen molar-refractivity contribution in [3.8, 4) is 11.5 Å². The second kappa shape index (κ2) is 5.81. The van der Waals surface area contributed by atoms with Crippen molar-refractivity contribution in [1.82, 2.24) is 4.90 Å². The molecule has 0 spiro atoms. The van der Waals surface area contributed by atoms with Crippen molar-refractivity contribution in [2.75, 3.05) is 32.6 Å². The predicted molar refractivity (Wildman–Crippen MR) is 86.8 cm³/mol. The Morgan fingerprint density at radius 3 is 2.57 bits per heavy atom. The number of nitrogens with zero attached hydrogens (tertiary/aromatic N) is 1. The van der Waals surface area contributed by atoms with Crippen molar-refractivity contribution in [3.63, 3.8) is 0 Å². The van der Waals surface area contributed by atoms with E-state index in [1.54, 1.807) is 12.1 Å². The van der Waals surface area contributed by atoms with Gasteiger partial charge in [-0.2, -0.15) is 8.42 Å². The average Bonchev–Trinajstić information content (AvgIpc) is 2.70. The van der Waals surface area contributed by atoms with Crippen LogP contribution in [0, 0.1) is 0 Å². The lowest BCUT2D eigenvalue weighted by Gasteiger charge is -2.38. The summed E-state index contributed by atoms with van der Waals surface area (Å²) in [4.78, 5) is 2.23. The summed E-state index contributed by atoms with van der Waals surface area (Å²) in [6, 6.07) is 3.29. The molecule has 1 unspecified atom stereocenters. The first-order valence-corrected chi connectivity index (χ1v) is 9.60. The van der Waals surface area contributed by atoms with Crippen molar-refractivity contribution >= 4 is 21.7 Å². The molecule has 2 aliphatic heterocycles. The third kappa shape index (κ3) is 3.28. The summed E-state index contributed by atoms with van der Waals surface area (Å²) in [5.74, 6) is 0.796. The van der Waals surface area contributed by atoms with E-state index in [0.29, 0.717) is 19.0 Å². The van der Waals surface area contributed by atoms with Gasteiger partial charge >= 0.3 is 10.1 Å². The summed E-state index contributed by atoms with van der Waals surface area (Å²) in [6.45, 7) is 7.07. The number of rotatable bonds is 3. The van der Waals surface area contributed by atoms with Gasteiger partial charge in [0, 0.05) is 30.1 Å². The Morgan fingerprint density at radius 1 is 1.30 bits per heavy atom. The molecule has 0 aliphatic carbocycles. The van der Waals surface area contributed by atoms with E-state index in [4.69, 9.17) is 25.3 Å². The Labute approximate surface area is 141 Å². The van der Waals surface area contributed by atoms with E-state index in [2.05, 4.69) is 18.7 Å². The molecule has 1 atom stereocenters. The van der Waals surface area contributed by atoms with Gasteiger partial charge in [0.1, 0.15) is 5.75 Å². The van der Waals surface area contributed by atoms with Gasteiger partial charge in [-0.25, -0.2) is 0 Å². The van der Waals surface area contributed by atoms with Crippen LogP contribution in [-0.4, -0.2) is 52.1 Å². The topological polar surface area (TPSA) is 65.1 Å². The van der Waals surface area contributed by atoms with Crippen molar-refractivity contribution in [3.05, 3.63) is 22.7 Å². The molecule has 23 heavy (non-hydrogen) atoms. The molecule has 1 fully saturated rings. The number of halogens is 1. The van der Waals surface area contributed by atoms with Crippen LogP contribution in [0.1, 0.15) is 19.4 Å². The Kier molecular flexibility index (Phi) is 4.25. The molecule has 3 rings (SSSR count). The van der Waals surface area contributed by atoms with Crippen LogP contribution in [0.3, 0.4) is 0 Å². The lowest BCUT2D eigenvalue weighted by atomic mass is 9.83. The maximum Gasteiger partial charge on any atom is 0.306 e. The fraction of sp³-hybridized carbons (Fsp3) is 0.600. The molecule has 1 aromatic carbocycles. The van der Waals surface area contributed by atoms with Crippen molar-refractivity contribution in [2.24, 2.45) is 0 Å². The van der Waals surface area contributed by atoms with Gasteiger partial charge in [-0.05, 0) is 6.07 Å². The molecule has 2 aliphatic rings. The zero-order valence-corrected chi connectivity index (χ0v) is 14.9. The van der Waals surface area contributed by atoms with Crippen LogP contribution < -0.4 is 8.92 Å². The normalized spacial score (nSPS) is 24.1. The largest absolute Gasteiger partial charge is 0.474 e. The van der Waals surface area contributed by atoms with Crippen molar-refractivity contribution < 1.29 is 22.1 Å².